The standard InChI is InChI=1S/C17H14BrN3O4S/c1-7-8(2)14(16(18)19-9(7)3)17-20-11(6-26-17)10-4-12(21(24)25)15(23)13(22)5-10/h4-6,22-23H,1-3H3. The van der Waals surface area contributed by atoms with E-state index in [0.29, 0.717) is 20.9 Å². The summed E-state index contributed by atoms with van der Waals surface area (Å²) >= 11 is 4.85. The number of phenols is 2. The fraction of sp³-hybridized carbons (Fsp3) is 0.176. The van der Waals surface area contributed by atoms with Crippen LogP contribution in [0.2, 0.25) is 0 Å². The predicted molar refractivity (Wildman–Crippen MR) is 103 cm³/mol. The van der Waals surface area contributed by atoms with Crippen molar-refractivity contribution in [3.05, 3.63) is 49.1 Å². The Morgan fingerprint density at radius 2 is 1.85 bits per heavy atom. The SMILES string of the molecule is Cc1nc(Br)c(-c2nc(-c3cc(O)c(O)c([N+](=O)[O-])c3)cs2)c(C)c1C. The number of hydrogen-bond donors (Lipinski definition) is 2. The third kappa shape index (κ3) is 3.04. The van der Waals surface area contributed by atoms with E-state index in [9.17, 15) is 20.3 Å². The molecule has 0 atom stereocenters. The van der Waals surface area contributed by atoms with Crippen LogP contribution in [0.3, 0.4) is 0 Å². The van der Waals surface area contributed by atoms with Crippen molar-refractivity contribution in [1.29, 1.82) is 0 Å². The number of aromatic hydroxyl groups is 2. The van der Waals surface area contributed by atoms with Crippen LogP contribution in [-0.2, 0) is 0 Å². The molecule has 0 aliphatic heterocycles. The second kappa shape index (κ2) is 6.65. The average molecular weight is 436 g/mol. The summed E-state index contributed by atoms with van der Waals surface area (Å²) in [6, 6.07) is 2.44. The van der Waals surface area contributed by atoms with Crippen LogP contribution in [0.5, 0.6) is 11.5 Å². The van der Waals surface area contributed by atoms with Gasteiger partial charge >= 0.3 is 5.69 Å². The summed E-state index contributed by atoms with van der Waals surface area (Å²) in [6.07, 6.45) is 0. The van der Waals surface area contributed by atoms with E-state index >= 15 is 0 Å². The molecule has 0 aliphatic carbocycles. The van der Waals surface area contributed by atoms with Crippen LogP contribution in [0, 0.1) is 30.9 Å². The quantitative estimate of drug-likeness (QED) is 0.262. The molecule has 3 rings (SSSR count). The maximum atomic E-state index is 11.0. The van der Waals surface area contributed by atoms with Crippen molar-refractivity contribution >= 4 is 33.0 Å². The lowest BCUT2D eigenvalue weighted by molar-refractivity contribution is -0.385. The number of pyridine rings is 1. The van der Waals surface area contributed by atoms with E-state index < -0.39 is 22.1 Å². The van der Waals surface area contributed by atoms with Crippen LogP contribution in [0.25, 0.3) is 21.8 Å². The normalized spacial score (nSPS) is 10.9. The molecule has 0 radical (unpaired) electrons. The topological polar surface area (TPSA) is 109 Å². The van der Waals surface area contributed by atoms with E-state index in [1.54, 1.807) is 5.38 Å². The van der Waals surface area contributed by atoms with E-state index in [-0.39, 0.29) is 0 Å². The van der Waals surface area contributed by atoms with Crippen molar-refractivity contribution < 1.29 is 15.1 Å². The first-order valence-electron chi connectivity index (χ1n) is 7.50. The summed E-state index contributed by atoms with van der Waals surface area (Å²) in [5.74, 6) is -1.32. The van der Waals surface area contributed by atoms with Crippen LogP contribution in [-0.4, -0.2) is 25.1 Å². The number of benzene rings is 1. The van der Waals surface area contributed by atoms with Gasteiger partial charge in [0.1, 0.15) is 9.61 Å². The summed E-state index contributed by atoms with van der Waals surface area (Å²) in [5, 5.41) is 32.9. The molecule has 7 nitrogen and oxygen atoms in total. The van der Waals surface area contributed by atoms with Gasteiger partial charge in [0.05, 0.1) is 10.6 Å². The molecular formula is C17H14BrN3O4S. The van der Waals surface area contributed by atoms with E-state index in [0.717, 1.165) is 22.4 Å². The van der Waals surface area contributed by atoms with Gasteiger partial charge in [-0.25, -0.2) is 9.97 Å². The van der Waals surface area contributed by atoms with E-state index in [2.05, 4.69) is 25.9 Å². The molecule has 2 aromatic heterocycles. The van der Waals surface area contributed by atoms with Gasteiger partial charge in [-0.15, -0.1) is 11.3 Å². The van der Waals surface area contributed by atoms with Gasteiger partial charge in [0.2, 0.25) is 5.75 Å². The summed E-state index contributed by atoms with van der Waals surface area (Å²) in [5.41, 5.74) is 4.14. The Morgan fingerprint density at radius 3 is 2.50 bits per heavy atom. The number of nitro groups is 1. The van der Waals surface area contributed by atoms with Crippen LogP contribution in [0.4, 0.5) is 5.69 Å². The highest BCUT2D eigenvalue weighted by Gasteiger charge is 2.21. The van der Waals surface area contributed by atoms with Gasteiger partial charge in [-0.3, -0.25) is 10.1 Å². The molecule has 0 amide bonds. The molecule has 9 heteroatoms. The molecule has 0 spiro atoms. The fourth-order valence-electron chi connectivity index (χ4n) is 2.56. The Kier molecular flexibility index (Phi) is 4.68. The van der Waals surface area contributed by atoms with Gasteiger partial charge in [-0.1, -0.05) is 0 Å². The summed E-state index contributed by atoms with van der Waals surface area (Å²) in [4.78, 5) is 19.3. The lowest BCUT2D eigenvalue weighted by Gasteiger charge is -2.10. The van der Waals surface area contributed by atoms with Crippen LogP contribution in [0.1, 0.15) is 16.8 Å². The lowest BCUT2D eigenvalue weighted by atomic mass is 10.0. The maximum absolute atomic E-state index is 11.0. The monoisotopic (exact) mass is 435 g/mol. The number of thiazole rings is 1. The molecular weight excluding hydrogens is 422 g/mol. The third-order valence-corrected chi connectivity index (χ3v) is 5.67. The molecule has 0 saturated carbocycles. The molecule has 0 fully saturated rings. The van der Waals surface area contributed by atoms with Crippen molar-refractivity contribution in [2.45, 2.75) is 20.8 Å². The van der Waals surface area contributed by atoms with Crippen molar-refractivity contribution in [1.82, 2.24) is 9.97 Å². The van der Waals surface area contributed by atoms with Crippen molar-refractivity contribution in [2.75, 3.05) is 0 Å². The smallest absolute Gasteiger partial charge is 0.315 e. The van der Waals surface area contributed by atoms with Gasteiger partial charge in [-0.2, -0.15) is 0 Å². The van der Waals surface area contributed by atoms with Gasteiger partial charge in [0.25, 0.3) is 0 Å². The molecule has 2 N–H and O–H groups in total. The Balaban J connectivity index is 2.13. The van der Waals surface area contributed by atoms with Crippen molar-refractivity contribution in [2.24, 2.45) is 0 Å². The molecule has 0 saturated heterocycles. The highest BCUT2D eigenvalue weighted by molar-refractivity contribution is 9.10. The maximum Gasteiger partial charge on any atom is 0.315 e. The van der Waals surface area contributed by atoms with Gasteiger partial charge in [0.15, 0.2) is 5.75 Å². The van der Waals surface area contributed by atoms with Gasteiger partial charge in [0, 0.05) is 28.3 Å². The summed E-state index contributed by atoms with van der Waals surface area (Å²) in [7, 11) is 0. The largest absolute Gasteiger partial charge is 0.504 e. The summed E-state index contributed by atoms with van der Waals surface area (Å²) < 4.78 is 0.679. The van der Waals surface area contributed by atoms with Gasteiger partial charge < -0.3 is 10.2 Å². The first-order chi connectivity index (χ1) is 12.2. The first-order valence-corrected chi connectivity index (χ1v) is 9.18. The van der Waals surface area contributed by atoms with Crippen molar-refractivity contribution in [3.63, 3.8) is 0 Å². The highest BCUT2D eigenvalue weighted by Crippen LogP contribution is 2.41. The first kappa shape index (κ1) is 18.3. The van der Waals surface area contributed by atoms with Gasteiger partial charge in [-0.05, 0) is 53.9 Å². The number of halogens is 1. The second-order valence-corrected chi connectivity index (χ2v) is 7.38. The van der Waals surface area contributed by atoms with E-state index in [1.807, 2.05) is 20.8 Å². The molecule has 2 heterocycles. The second-order valence-electron chi connectivity index (χ2n) is 5.77. The Morgan fingerprint density at radius 1 is 1.15 bits per heavy atom. The van der Waals surface area contributed by atoms with E-state index in [1.165, 1.54) is 23.5 Å². The van der Waals surface area contributed by atoms with Crippen LogP contribution < -0.4 is 0 Å². The van der Waals surface area contributed by atoms with Crippen molar-refractivity contribution in [3.8, 4) is 33.3 Å². The Labute approximate surface area is 161 Å². The molecule has 0 bridgehead atoms. The Hall–Kier alpha value is -2.52. The van der Waals surface area contributed by atoms with Crippen LogP contribution >= 0.6 is 27.3 Å². The molecule has 134 valence electrons. The number of phenolic OH excluding ortho intramolecular Hbond substituents is 2. The third-order valence-electron chi connectivity index (χ3n) is 4.23. The predicted octanol–water partition coefficient (Wildman–Crippen LogP) is 4.88. The number of aromatic nitrogens is 2. The number of nitro benzene ring substituents is 1. The fourth-order valence-corrected chi connectivity index (χ4v) is 4.37. The number of rotatable bonds is 3. The van der Waals surface area contributed by atoms with E-state index in [4.69, 9.17) is 0 Å². The minimum absolute atomic E-state index is 0.347. The molecule has 3 aromatic rings. The minimum Gasteiger partial charge on any atom is -0.504 e. The number of nitrogens with zero attached hydrogens (tertiary/aromatic N) is 3. The zero-order valence-corrected chi connectivity index (χ0v) is 16.5. The molecule has 0 aliphatic rings. The number of hydrogen-bond acceptors (Lipinski definition) is 7. The number of aryl methyl sites for hydroxylation is 1. The minimum atomic E-state index is -0.758. The average Bonchev–Trinajstić information content (AvgIpc) is 3.04. The van der Waals surface area contributed by atoms with Crippen LogP contribution in [0.15, 0.2) is 22.1 Å². The molecule has 0 unspecified atom stereocenters. The lowest BCUT2D eigenvalue weighted by Crippen LogP contribution is -1.96. The molecule has 1 aromatic carbocycles. The molecule has 26 heavy (non-hydrogen) atoms. The Bertz CT molecular complexity index is 1050. The zero-order chi connectivity index (χ0) is 19.2. The zero-order valence-electron chi connectivity index (χ0n) is 14.1. The highest BCUT2D eigenvalue weighted by atomic mass is 79.9. The summed E-state index contributed by atoms with van der Waals surface area (Å²) in [6.45, 7) is 5.91.